The van der Waals surface area contributed by atoms with E-state index in [2.05, 4.69) is 44.4 Å². The van der Waals surface area contributed by atoms with E-state index < -0.39 is 0 Å². The van der Waals surface area contributed by atoms with E-state index in [1.54, 1.807) is 11.3 Å². The summed E-state index contributed by atoms with van der Waals surface area (Å²) in [5, 5.41) is 11.9. The van der Waals surface area contributed by atoms with Crippen LogP contribution in [0.2, 0.25) is 5.02 Å². The molecule has 0 aliphatic heterocycles. The van der Waals surface area contributed by atoms with E-state index in [4.69, 9.17) is 11.6 Å². The molecule has 0 saturated carbocycles. The van der Waals surface area contributed by atoms with Crippen LogP contribution in [0.25, 0.3) is 16.9 Å². The zero-order valence-electron chi connectivity index (χ0n) is 15.3. The largest absolute Gasteiger partial charge is 0.284 e. The van der Waals surface area contributed by atoms with Gasteiger partial charge in [-0.3, -0.25) is 4.57 Å². The predicted molar refractivity (Wildman–Crippen MR) is 118 cm³/mol. The van der Waals surface area contributed by atoms with Gasteiger partial charge in [-0.2, -0.15) is 5.10 Å². The van der Waals surface area contributed by atoms with E-state index in [9.17, 15) is 0 Å². The van der Waals surface area contributed by atoms with Crippen LogP contribution in [-0.2, 0) is 0 Å². The van der Waals surface area contributed by atoms with Gasteiger partial charge >= 0.3 is 0 Å². The zero-order chi connectivity index (χ0) is 19.3. The van der Waals surface area contributed by atoms with Crippen LogP contribution in [0.15, 0.2) is 101 Å². The highest BCUT2D eigenvalue weighted by atomic mass is 35.5. The molecule has 1 heterocycles. The van der Waals surface area contributed by atoms with Gasteiger partial charge in [0, 0.05) is 16.1 Å². The minimum atomic E-state index is 0.709. The van der Waals surface area contributed by atoms with Gasteiger partial charge in [0.05, 0.1) is 11.4 Å². The molecule has 0 aliphatic carbocycles. The molecule has 3 nitrogen and oxygen atoms in total. The van der Waals surface area contributed by atoms with Crippen LogP contribution in [0.4, 0.5) is 0 Å². The molecule has 0 radical (unpaired) electrons. The zero-order valence-corrected chi connectivity index (χ0v) is 16.9. The summed E-state index contributed by atoms with van der Waals surface area (Å²) in [5.74, 6) is 0. The molecule has 5 heteroatoms. The fraction of sp³-hybridized carbons (Fsp3) is 0.0435. The van der Waals surface area contributed by atoms with Gasteiger partial charge in [-0.1, -0.05) is 72.3 Å². The number of para-hydroxylation sites is 1. The summed E-state index contributed by atoms with van der Waals surface area (Å²) < 4.78 is 2.14. The number of benzene rings is 3. The van der Waals surface area contributed by atoms with Gasteiger partial charge in [0.25, 0.3) is 0 Å². The molecule has 138 valence electrons. The Morgan fingerprint density at radius 2 is 1.50 bits per heavy atom. The molecule has 4 rings (SSSR count). The van der Waals surface area contributed by atoms with Crippen LogP contribution in [0.3, 0.4) is 0 Å². The fourth-order valence-corrected chi connectivity index (χ4v) is 3.87. The summed E-state index contributed by atoms with van der Waals surface area (Å²) >= 11 is 7.55. The number of halogens is 1. The molecule has 4 aromatic rings. The van der Waals surface area contributed by atoms with Crippen LogP contribution in [0, 0.1) is 0 Å². The Labute approximate surface area is 172 Å². The van der Waals surface area contributed by atoms with Crippen LogP contribution in [-0.4, -0.2) is 10.3 Å². The summed E-state index contributed by atoms with van der Waals surface area (Å²) in [7, 11) is 0. The van der Waals surface area contributed by atoms with E-state index in [1.807, 2.05) is 67.6 Å². The fourth-order valence-electron chi connectivity index (χ4n) is 2.88. The van der Waals surface area contributed by atoms with Crippen LogP contribution < -0.4 is 4.80 Å². The SMILES string of the molecule is C/C(=N\N=c1/scc(-c2ccccc2)n1-c1ccccc1)c1ccc(Cl)cc1. The lowest BCUT2D eigenvalue weighted by atomic mass is 10.1. The van der Waals surface area contributed by atoms with Gasteiger partial charge in [0.1, 0.15) is 0 Å². The molecular formula is C23H18ClN3S. The third-order valence-electron chi connectivity index (χ3n) is 4.34. The lowest BCUT2D eigenvalue weighted by Crippen LogP contribution is -2.13. The number of thiazole rings is 1. The Hall–Kier alpha value is -2.95. The molecule has 0 atom stereocenters. The Balaban J connectivity index is 1.83. The van der Waals surface area contributed by atoms with Gasteiger partial charge in [-0.05, 0) is 42.3 Å². The average Bonchev–Trinajstić information content (AvgIpc) is 3.18. The summed E-state index contributed by atoms with van der Waals surface area (Å²) in [4.78, 5) is 0.818. The molecule has 0 bridgehead atoms. The molecule has 0 aliphatic rings. The smallest absolute Gasteiger partial charge is 0.215 e. The molecule has 0 amide bonds. The van der Waals surface area contributed by atoms with Crippen LogP contribution >= 0.6 is 22.9 Å². The molecule has 0 fully saturated rings. The quantitative estimate of drug-likeness (QED) is 0.287. The van der Waals surface area contributed by atoms with Crippen molar-refractivity contribution in [3.8, 4) is 16.9 Å². The van der Waals surface area contributed by atoms with Crippen molar-refractivity contribution in [2.24, 2.45) is 10.2 Å². The van der Waals surface area contributed by atoms with E-state index in [0.717, 1.165) is 33.0 Å². The summed E-state index contributed by atoms with van der Waals surface area (Å²) in [6, 6.07) is 28.2. The Kier molecular flexibility index (Phi) is 5.51. The topological polar surface area (TPSA) is 29.6 Å². The van der Waals surface area contributed by atoms with Crippen molar-refractivity contribution in [3.63, 3.8) is 0 Å². The molecule has 0 saturated heterocycles. The molecular weight excluding hydrogens is 386 g/mol. The first kappa shape index (κ1) is 18.4. The number of nitrogens with zero attached hydrogens (tertiary/aromatic N) is 3. The number of hydrogen-bond donors (Lipinski definition) is 0. The second-order valence-corrected chi connectivity index (χ2v) is 7.51. The van der Waals surface area contributed by atoms with Gasteiger partial charge in [-0.15, -0.1) is 16.4 Å². The minimum absolute atomic E-state index is 0.709. The molecule has 1 aromatic heterocycles. The predicted octanol–water partition coefficient (Wildman–Crippen LogP) is 6.18. The highest BCUT2D eigenvalue weighted by molar-refractivity contribution is 7.07. The summed E-state index contributed by atoms with van der Waals surface area (Å²) in [6.45, 7) is 1.95. The second kappa shape index (κ2) is 8.38. The maximum absolute atomic E-state index is 5.97. The average molecular weight is 404 g/mol. The molecule has 28 heavy (non-hydrogen) atoms. The summed E-state index contributed by atoms with van der Waals surface area (Å²) in [6.07, 6.45) is 0. The third-order valence-corrected chi connectivity index (χ3v) is 5.41. The maximum Gasteiger partial charge on any atom is 0.215 e. The first-order valence-electron chi connectivity index (χ1n) is 8.88. The molecule has 0 unspecified atom stereocenters. The molecule has 0 N–H and O–H groups in total. The van der Waals surface area contributed by atoms with E-state index in [1.165, 1.54) is 0 Å². The van der Waals surface area contributed by atoms with E-state index in [-0.39, 0.29) is 0 Å². The van der Waals surface area contributed by atoms with Gasteiger partial charge in [0.2, 0.25) is 4.80 Å². The van der Waals surface area contributed by atoms with Crippen molar-refractivity contribution < 1.29 is 0 Å². The number of rotatable bonds is 4. The van der Waals surface area contributed by atoms with Crippen molar-refractivity contribution >= 4 is 28.6 Å². The van der Waals surface area contributed by atoms with Crippen LogP contribution in [0.1, 0.15) is 12.5 Å². The van der Waals surface area contributed by atoms with Crippen molar-refractivity contribution in [1.82, 2.24) is 4.57 Å². The standard InChI is InChI=1S/C23H18ClN3S/c1-17(18-12-14-20(24)15-13-18)25-26-23-27(21-10-6-3-7-11-21)22(16-28-23)19-8-4-2-5-9-19/h2-16H,1H3/b25-17+,26-23-. The lowest BCUT2D eigenvalue weighted by molar-refractivity contribution is 0.970. The van der Waals surface area contributed by atoms with Crippen LogP contribution in [0.5, 0.6) is 0 Å². The molecule has 3 aromatic carbocycles. The Morgan fingerprint density at radius 1 is 0.857 bits per heavy atom. The first-order chi connectivity index (χ1) is 13.7. The number of aromatic nitrogens is 1. The van der Waals surface area contributed by atoms with Crippen molar-refractivity contribution in [1.29, 1.82) is 0 Å². The summed E-state index contributed by atoms with van der Waals surface area (Å²) in [5.41, 5.74) is 5.13. The van der Waals surface area contributed by atoms with Crippen molar-refractivity contribution in [3.05, 3.63) is 106 Å². The van der Waals surface area contributed by atoms with Gasteiger partial charge < -0.3 is 0 Å². The normalized spacial score (nSPS) is 12.4. The number of hydrogen-bond acceptors (Lipinski definition) is 3. The van der Waals surface area contributed by atoms with Crippen molar-refractivity contribution in [2.75, 3.05) is 0 Å². The highest BCUT2D eigenvalue weighted by Crippen LogP contribution is 2.23. The second-order valence-electron chi connectivity index (χ2n) is 6.23. The first-order valence-corrected chi connectivity index (χ1v) is 10.1. The highest BCUT2D eigenvalue weighted by Gasteiger charge is 2.09. The Bertz CT molecular complexity index is 1160. The third kappa shape index (κ3) is 3.98. The Morgan fingerprint density at radius 3 is 2.18 bits per heavy atom. The monoisotopic (exact) mass is 403 g/mol. The minimum Gasteiger partial charge on any atom is -0.284 e. The van der Waals surface area contributed by atoms with Gasteiger partial charge in [0.15, 0.2) is 0 Å². The lowest BCUT2D eigenvalue weighted by Gasteiger charge is -2.08. The maximum atomic E-state index is 5.97. The van der Waals surface area contributed by atoms with Crippen molar-refractivity contribution in [2.45, 2.75) is 6.92 Å². The van der Waals surface area contributed by atoms with E-state index in [0.29, 0.717) is 5.02 Å². The van der Waals surface area contributed by atoms with Gasteiger partial charge in [-0.25, -0.2) is 0 Å². The molecule has 0 spiro atoms. The van der Waals surface area contributed by atoms with E-state index >= 15 is 0 Å².